The second-order valence-electron chi connectivity index (χ2n) is 6.62. The molecule has 0 saturated carbocycles. The predicted molar refractivity (Wildman–Crippen MR) is 111 cm³/mol. The Morgan fingerprint density at radius 2 is 1.10 bits per heavy atom. The molecule has 0 bridgehead atoms. The maximum atomic E-state index is 4.91. The van der Waals surface area contributed by atoms with Crippen molar-refractivity contribution in [1.82, 2.24) is 24.9 Å². The van der Waals surface area contributed by atoms with Gasteiger partial charge >= 0.3 is 21.1 Å². The minimum atomic E-state index is 0. The largest absolute Gasteiger partial charge is 2.00 e. The maximum absolute atomic E-state index is 4.91. The van der Waals surface area contributed by atoms with Crippen molar-refractivity contribution < 1.29 is 33.5 Å². The average molecular weight is 590 g/mol. The Labute approximate surface area is 192 Å². The molecule has 0 aliphatic heterocycles. The van der Waals surface area contributed by atoms with Crippen molar-refractivity contribution in [1.29, 1.82) is 0 Å². The van der Waals surface area contributed by atoms with Gasteiger partial charge in [0.15, 0.2) is 0 Å². The standard InChI is InChI=1S/C23H13N5.ClH.Pt/c1-2-9-18-17(8-1)26-22-14-6-5-13-25-20(14)21-15(23(22)27-18)10-11-19(28-21)16-7-3-4-12-24-16;;/h1-13H;1H;/q;;+2/p-1. The Bertz CT molecular complexity index is 1520. The Balaban J connectivity index is 0.00000109. The van der Waals surface area contributed by atoms with Crippen molar-refractivity contribution >= 4 is 43.9 Å². The quantitative estimate of drug-likeness (QED) is 0.217. The molecular formula is C23H13ClN5Pt+. The van der Waals surface area contributed by atoms with E-state index < -0.39 is 0 Å². The summed E-state index contributed by atoms with van der Waals surface area (Å²) in [5, 5.41) is 1.90. The molecule has 7 heteroatoms. The van der Waals surface area contributed by atoms with Crippen molar-refractivity contribution in [2.45, 2.75) is 0 Å². The van der Waals surface area contributed by atoms with Crippen LogP contribution in [0.4, 0.5) is 0 Å². The Morgan fingerprint density at radius 3 is 1.80 bits per heavy atom. The van der Waals surface area contributed by atoms with Crippen molar-refractivity contribution in [2.75, 3.05) is 0 Å². The molecule has 0 amide bonds. The van der Waals surface area contributed by atoms with Gasteiger partial charge in [0.25, 0.3) is 0 Å². The zero-order chi connectivity index (χ0) is 18.5. The van der Waals surface area contributed by atoms with Crippen LogP contribution in [0.3, 0.4) is 0 Å². The first-order chi connectivity index (χ1) is 13.9. The fourth-order valence-electron chi connectivity index (χ4n) is 3.65. The third kappa shape index (κ3) is 3.11. The van der Waals surface area contributed by atoms with Crippen LogP contribution in [0.1, 0.15) is 0 Å². The Kier molecular flexibility index (Phi) is 5.42. The van der Waals surface area contributed by atoms with Crippen molar-refractivity contribution in [3.05, 3.63) is 79.1 Å². The number of para-hydroxylation sites is 2. The van der Waals surface area contributed by atoms with Gasteiger partial charge in [-0.25, -0.2) is 15.0 Å². The van der Waals surface area contributed by atoms with E-state index in [4.69, 9.17) is 15.0 Å². The number of hydrogen-bond donors (Lipinski definition) is 0. The summed E-state index contributed by atoms with van der Waals surface area (Å²) < 4.78 is 0. The van der Waals surface area contributed by atoms with Crippen LogP contribution in [0.2, 0.25) is 0 Å². The molecule has 0 fully saturated rings. The van der Waals surface area contributed by atoms with Crippen LogP contribution in [0, 0.1) is 0 Å². The van der Waals surface area contributed by atoms with Gasteiger partial charge in [0.2, 0.25) is 0 Å². The molecule has 0 saturated heterocycles. The Hall–Kier alpha value is -3.01. The first kappa shape index (κ1) is 20.3. The number of aromatic nitrogens is 5. The molecule has 4 aromatic heterocycles. The molecular weight excluding hydrogens is 577 g/mol. The van der Waals surface area contributed by atoms with Crippen LogP contribution in [0.15, 0.2) is 79.1 Å². The first-order valence-corrected chi connectivity index (χ1v) is 9.04. The molecule has 5 nitrogen and oxygen atoms in total. The smallest absolute Gasteiger partial charge is 1.00 e. The molecule has 0 aliphatic carbocycles. The monoisotopic (exact) mass is 589 g/mol. The van der Waals surface area contributed by atoms with Gasteiger partial charge in [-0.15, -0.1) is 0 Å². The third-order valence-electron chi connectivity index (χ3n) is 4.94. The molecule has 6 aromatic rings. The molecule has 0 radical (unpaired) electrons. The van der Waals surface area contributed by atoms with E-state index in [0.29, 0.717) is 0 Å². The SMILES string of the molecule is [Cl-].[Pt+2].c1ccc(-c2ccc3c(n2)c2ncccc2c2nc4ccccc4nc32)nc1. The van der Waals surface area contributed by atoms with E-state index >= 15 is 0 Å². The predicted octanol–water partition coefficient (Wildman–Crippen LogP) is 1.94. The van der Waals surface area contributed by atoms with E-state index in [0.717, 1.165) is 55.3 Å². The van der Waals surface area contributed by atoms with Gasteiger partial charge < -0.3 is 12.4 Å². The van der Waals surface area contributed by atoms with Gasteiger partial charge in [-0.2, -0.15) is 0 Å². The number of rotatable bonds is 1. The van der Waals surface area contributed by atoms with Crippen LogP contribution in [-0.2, 0) is 21.1 Å². The second kappa shape index (κ2) is 8.02. The first-order valence-electron chi connectivity index (χ1n) is 9.04. The van der Waals surface area contributed by atoms with Gasteiger partial charge in [-0.1, -0.05) is 18.2 Å². The Morgan fingerprint density at radius 1 is 0.467 bits per heavy atom. The number of pyridine rings is 3. The van der Waals surface area contributed by atoms with Gasteiger partial charge in [0, 0.05) is 23.2 Å². The molecule has 0 spiro atoms. The van der Waals surface area contributed by atoms with Crippen LogP contribution >= 0.6 is 0 Å². The molecule has 30 heavy (non-hydrogen) atoms. The van der Waals surface area contributed by atoms with E-state index in [1.54, 1.807) is 12.4 Å². The summed E-state index contributed by atoms with van der Waals surface area (Å²) in [6, 6.07) is 21.7. The van der Waals surface area contributed by atoms with E-state index in [2.05, 4.69) is 9.97 Å². The zero-order valence-electron chi connectivity index (χ0n) is 15.4. The van der Waals surface area contributed by atoms with Crippen molar-refractivity contribution in [3.8, 4) is 11.4 Å². The van der Waals surface area contributed by atoms with E-state index in [-0.39, 0.29) is 33.5 Å². The van der Waals surface area contributed by atoms with E-state index in [9.17, 15) is 0 Å². The zero-order valence-corrected chi connectivity index (χ0v) is 18.5. The van der Waals surface area contributed by atoms with Crippen LogP contribution < -0.4 is 12.4 Å². The number of benzene rings is 2. The second-order valence-corrected chi connectivity index (χ2v) is 6.62. The average Bonchev–Trinajstić information content (AvgIpc) is 2.78. The van der Waals surface area contributed by atoms with Crippen LogP contribution in [-0.4, -0.2) is 24.9 Å². The molecule has 0 atom stereocenters. The molecule has 146 valence electrons. The fourth-order valence-corrected chi connectivity index (χ4v) is 3.65. The molecule has 2 aromatic carbocycles. The summed E-state index contributed by atoms with van der Waals surface area (Å²) in [6.07, 6.45) is 3.56. The minimum absolute atomic E-state index is 0. The van der Waals surface area contributed by atoms with Crippen LogP contribution in [0.5, 0.6) is 0 Å². The van der Waals surface area contributed by atoms with Crippen LogP contribution in [0.25, 0.3) is 55.3 Å². The van der Waals surface area contributed by atoms with Crippen molar-refractivity contribution in [2.24, 2.45) is 0 Å². The van der Waals surface area contributed by atoms with E-state index in [1.165, 1.54) is 0 Å². The summed E-state index contributed by atoms with van der Waals surface area (Å²) in [4.78, 5) is 23.8. The number of halogens is 1. The normalized spacial score (nSPS) is 10.8. The molecule has 0 N–H and O–H groups in total. The molecule has 0 unspecified atom stereocenters. The summed E-state index contributed by atoms with van der Waals surface area (Å²) >= 11 is 0. The minimum Gasteiger partial charge on any atom is -1.00 e. The number of nitrogens with zero attached hydrogens (tertiary/aromatic N) is 5. The van der Waals surface area contributed by atoms with E-state index in [1.807, 2.05) is 66.7 Å². The molecule has 0 aliphatic rings. The summed E-state index contributed by atoms with van der Waals surface area (Å²) in [5.74, 6) is 0. The summed E-state index contributed by atoms with van der Waals surface area (Å²) in [7, 11) is 0. The number of fused-ring (bicyclic) bond motifs is 7. The molecule has 4 heterocycles. The van der Waals surface area contributed by atoms with Gasteiger partial charge in [0.05, 0.1) is 44.5 Å². The fraction of sp³-hybridized carbons (Fsp3) is 0. The summed E-state index contributed by atoms with van der Waals surface area (Å²) in [6.45, 7) is 0. The van der Waals surface area contributed by atoms with Gasteiger partial charge in [-0.3, -0.25) is 9.97 Å². The van der Waals surface area contributed by atoms with Crippen molar-refractivity contribution in [3.63, 3.8) is 0 Å². The summed E-state index contributed by atoms with van der Waals surface area (Å²) in [5.41, 5.74) is 6.72. The van der Waals surface area contributed by atoms with Gasteiger partial charge in [-0.05, 0) is 48.5 Å². The topological polar surface area (TPSA) is 64.5 Å². The number of hydrogen-bond acceptors (Lipinski definition) is 5. The maximum Gasteiger partial charge on any atom is 2.00 e. The van der Waals surface area contributed by atoms with Gasteiger partial charge in [0.1, 0.15) is 0 Å². The molecule has 6 rings (SSSR count). The third-order valence-corrected chi connectivity index (χ3v) is 4.94.